The summed E-state index contributed by atoms with van der Waals surface area (Å²) in [6.45, 7) is 3.65. The summed E-state index contributed by atoms with van der Waals surface area (Å²) in [7, 11) is 0. The maximum absolute atomic E-state index is 12.4. The lowest BCUT2D eigenvalue weighted by Gasteiger charge is -2.38. The van der Waals surface area contributed by atoms with Gasteiger partial charge in [-0.05, 0) is 37.5 Å². The van der Waals surface area contributed by atoms with E-state index in [1.807, 2.05) is 6.92 Å². The van der Waals surface area contributed by atoms with Crippen LogP contribution >= 0.6 is 0 Å². The summed E-state index contributed by atoms with van der Waals surface area (Å²) >= 11 is 0. The number of ether oxygens (including phenoxy) is 2. The molecule has 160 valence electrons. The molecule has 0 spiro atoms. The van der Waals surface area contributed by atoms with Gasteiger partial charge in [-0.15, -0.1) is 0 Å². The second-order valence-electron chi connectivity index (χ2n) is 7.76. The van der Waals surface area contributed by atoms with Gasteiger partial charge in [0.1, 0.15) is 12.7 Å². The van der Waals surface area contributed by atoms with Crippen molar-refractivity contribution in [2.45, 2.75) is 51.2 Å². The summed E-state index contributed by atoms with van der Waals surface area (Å²) in [4.78, 5) is 26.3. The van der Waals surface area contributed by atoms with Gasteiger partial charge in [-0.1, -0.05) is 31.4 Å². The third-order valence-electron chi connectivity index (χ3n) is 5.78. The quantitative estimate of drug-likeness (QED) is 0.650. The first-order chi connectivity index (χ1) is 14.1. The molecule has 2 fully saturated rings. The van der Waals surface area contributed by atoms with Crippen LogP contribution in [-0.2, 0) is 19.1 Å². The molecule has 0 bridgehead atoms. The normalized spacial score (nSPS) is 21.8. The van der Waals surface area contributed by atoms with E-state index in [2.05, 4.69) is 5.32 Å². The number of rotatable bonds is 8. The Balaban J connectivity index is 1.61. The van der Waals surface area contributed by atoms with Crippen LogP contribution in [0.4, 0.5) is 5.69 Å². The van der Waals surface area contributed by atoms with E-state index in [0.29, 0.717) is 25.3 Å². The van der Waals surface area contributed by atoms with Crippen molar-refractivity contribution in [1.82, 2.24) is 4.90 Å². The minimum atomic E-state index is -0.871. The zero-order valence-corrected chi connectivity index (χ0v) is 17.1. The average molecular weight is 405 g/mol. The first-order valence-corrected chi connectivity index (χ1v) is 10.6. The van der Waals surface area contributed by atoms with Crippen molar-refractivity contribution in [3.8, 4) is 0 Å². The van der Waals surface area contributed by atoms with Gasteiger partial charge in [-0.3, -0.25) is 9.59 Å². The van der Waals surface area contributed by atoms with Crippen LogP contribution in [0.2, 0.25) is 0 Å². The Labute approximate surface area is 172 Å². The summed E-state index contributed by atoms with van der Waals surface area (Å²) in [5.74, 6) is 0.0288. The zero-order valence-electron chi connectivity index (χ0n) is 17.1. The van der Waals surface area contributed by atoms with Crippen molar-refractivity contribution >= 4 is 17.5 Å². The van der Waals surface area contributed by atoms with Crippen molar-refractivity contribution < 1.29 is 24.2 Å². The van der Waals surface area contributed by atoms with Gasteiger partial charge in [0.05, 0.1) is 19.3 Å². The summed E-state index contributed by atoms with van der Waals surface area (Å²) in [6.07, 6.45) is 4.48. The van der Waals surface area contributed by atoms with Crippen LogP contribution in [0.3, 0.4) is 0 Å². The molecular weight excluding hydrogens is 372 g/mol. The predicted molar refractivity (Wildman–Crippen MR) is 109 cm³/mol. The smallest absolute Gasteiger partial charge is 0.249 e. The Morgan fingerprint density at radius 3 is 2.69 bits per heavy atom. The maximum Gasteiger partial charge on any atom is 0.249 e. The molecule has 1 heterocycles. The van der Waals surface area contributed by atoms with Gasteiger partial charge in [0.2, 0.25) is 11.8 Å². The third-order valence-corrected chi connectivity index (χ3v) is 5.78. The van der Waals surface area contributed by atoms with Gasteiger partial charge < -0.3 is 24.8 Å². The number of anilines is 1. The SMILES string of the molecule is CCOCCN1C(=O)COCC1C(O)c1ccc(NC(=O)C2CCCCC2)cc1. The summed E-state index contributed by atoms with van der Waals surface area (Å²) in [5, 5.41) is 13.8. The molecule has 1 aliphatic heterocycles. The van der Waals surface area contributed by atoms with E-state index in [1.54, 1.807) is 29.2 Å². The molecule has 29 heavy (non-hydrogen) atoms. The molecular formula is C22H32N2O5. The lowest BCUT2D eigenvalue weighted by molar-refractivity contribution is -0.155. The van der Waals surface area contributed by atoms with Crippen molar-refractivity contribution in [2.24, 2.45) is 5.92 Å². The predicted octanol–water partition coefficient (Wildman–Crippen LogP) is 2.50. The van der Waals surface area contributed by atoms with Crippen LogP contribution in [0.5, 0.6) is 0 Å². The Hall–Kier alpha value is -1.96. The lowest BCUT2D eigenvalue weighted by atomic mass is 9.88. The summed E-state index contributed by atoms with van der Waals surface area (Å²) in [6, 6.07) is 6.73. The largest absolute Gasteiger partial charge is 0.386 e. The highest BCUT2D eigenvalue weighted by Crippen LogP contribution is 2.27. The lowest BCUT2D eigenvalue weighted by Crippen LogP contribution is -2.53. The number of aliphatic hydroxyl groups excluding tert-OH is 1. The Morgan fingerprint density at radius 1 is 1.28 bits per heavy atom. The molecule has 2 N–H and O–H groups in total. The van der Waals surface area contributed by atoms with Crippen molar-refractivity contribution in [3.05, 3.63) is 29.8 Å². The highest BCUT2D eigenvalue weighted by molar-refractivity contribution is 5.92. The highest BCUT2D eigenvalue weighted by Gasteiger charge is 2.34. The molecule has 1 aliphatic carbocycles. The molecule has 1 saturated carbocycles. The molecule has 0 aromatic heterocycles. The Bertz CT molecular complexity index is 672. The van der Waals surface area contributed by atoms with E-state index in [0.717, 1.165) is 31.4 Å². The van der Waals surface area contributed by atoms with Crippen LogP contribution in [0.25, 0.3) is 0 Å². The van der Waals surface area contributed by atoms with Gasteiger partial charge in [-0.25, -0.2) is 0 Å². The number of hydrogen-bond donors (Lipinski definition) is 2. The van der Waals surface area contributed by atoms with Crippen LogP contribution in [-0.4, -0.2) is 60.8 Å². The monoisotopic (exact) mass is 404 g/mol. The highest BCUT2D eigenvalue weighted by atomic mass is 16.5. The van der Waals surface area contributed by atoms with E-state index in [4.69, 9.17) is 9.47 Å². The van der Waals surface area contributed by atoms with Gasteiger partial charge in [0.15, 0.2) is 0 Å². The number of carbonyl (C=O) groups is 2. The number of hydrogen-bond acceptors (Lipinski definition) is 5. The molecule has 7 heteroatoms. The zero-order chi connectivity index (χ0) is 20.6. The molecule has 2 aliphatic rings. The number of benzene rings is 1. The standard InChI is InChI=1S/C22H32N2O5/c1-2-28-13-12-24-19(14-29-15-20(24)25)21(26)16-8-10-18(11-9-16)23-22(27)17-6-4-3-5-7-17/h8-11,17,19,21,26H,2-7,12-15H2,1H3,(H,23,27). The topological polar surface area (TPSA) is 88.1 Å². The first-order valence-electron chi connectivity index (χ1n) is 10.6. The van der Waals surface area contributed by atoms with Crippen LogP contribution < -0.4 is 5.32 Å². The molecule has 1 aromatic carbocycles. The Kier molecular flexibility index (Phi) is 8.03. The average Bonchev–Trinajstić information content (AvgIpc) is 2.75. The Morgan fingerprint density at radius 2 is 2.00 bits per heavy atom. The van der Waals surface area contributed by atoms with E-state index in [1.165, 1.54) is 6.42 Å². The van der Waals surface area contributed by atoms with Gasteiger partial charge in [-0.2, -0.15) is 0 Å². The molecule has 2 atom stereocenters. The fourth-order valence-corrected chi connectivity index (χ4v) is 4.08. The van der Waals surface area contributed by atoms with Crippen molar-refractivity contribution in [3.63, 3.8) is 0 Å². The second-order valence-corrected chi connectivity index (χ2v) is 7.76. The molecule has 2 amide bonds. The second kappa shape index (κ2) is 10.7. The molecule has 0 radical (unpaired) electrons. The maximum atomic E-state index is 12.4. The van der Waals surface area contributed by atoms with Crippen LogP contribution in [0, 0.1) is 5.92 Å². The summed E-state index contributed by atoms with van der Waals surface area (Å²) < 4.78 is 10.7. The third kappa shape index (κ3) is 5.78. The number of nitrogens with zero attached hydrogens (tertiary/aromatic N) is 1. The van der Waals surface area contributed by atoms with Crippen LogP contribution in [0.15, 0.2) is 24.3 Å². The number of amides is 2. The van der Waals surface area contributed by atoms with Crippen molar-refractivity contribution in [1.29, 1.82) is 0 Å². The molecule has 1 aromatic rings. The minimum absolute atomic E-state index is 0.0292. The van der Waals surface area contributed by atoms with E-state index in [-0.39, 0.29) is 30.9 Å². The number of nitrogens with one attached hydrogen (secondary N) is 1. The van der Waals surface area contributed by atoms with Crippen LogP contribution in [0.1, 0.15) is 50.7 Å². The van der Waals surface area contributed by atoms with E-state index in [9.17, 15) is 14.7 Å². The molecule has 3 rings (SSSR count). The van der Waals surface area contributed by atoms with E-state index >= 15 is 0 Å². The van der Waals surface area contributed by atoms with E-state index < -0.39 is 12.1 Å². The fraction of sp³-hybridized carbons (Fsp3) is 0.636. The van der Waals surface area contributed by atoms with Gasteiger partial charge in [0, 0.05) is 24.8 Å². The van der Waals surface area contributed by atoms with Gasteiger partial charge >= 0.3 is 0 Å². The van der Waals surface area contributed by atoms with Crippen molar-refractivity contribution in [2.75, 3.05) is 38.3 Å². The molecule has 2 unspecified atom stereocenters. The number of aliphatic hydroxyl groups is 1. The fourth-order valence-electron chi connectivity index (χ4n) is 4.08. The number of morpholine rings is 1. The molecule has 7 nitrogen and oxygen atoms in total. The number of carbonyl (C=O) groups excluding carboxylic acids is 2. The van der Waals surface area contributed by atoms with Gasteiger partial charge in [0.25, 0.3) is 0 Å². The minimum Gasteiger partial charge on any atom is -0.386 e. The summed E-state index contributed by atoms with van der Waals surface area (Å²) in [5.41, 5.74) is 1.41. The molecule has 1 saturated heterocycles. The first kappa shape index (κ1) is 21.7.